The second-order valence-corrected chi connectivity index (χ2v) is 3.20. The zero-order valence-corrected chi connectivity index (χ0v) is 7.87. The van der Waals surface area contributed by atoms with E-state index in [1.165, 1.54) is 0 Å². The van der Waals surface area contributed by atoms with Crippen molar-refractivity contribution in [2.75, 3.05) is 0 Å². The molecule has 0 aliphatic carbocycles. The summed E-state index contributed by atoms with van der Waals surface area (Å²) in [4.78, 5) is 14.5. The van der Waals surface area contributed by atoms with E-state index in [2.05, 4.69) is 10.1 Å². The van der Waals surface area contributed by atoms with E-state index < -0.39 is 12.0 Å². The lowest BCUT2D eigenvalue weighted by Gasteiger charge is -2.02. The summed E-state index contributed by atoms with van der Waals surface area (Å²) in [5.41, 5.74) is 6.87. The number of carbonyl (C=O) groups is 1. The van der Waals surface area contributed by atoms with Gasteiger partial charge in [0.05, 0.1) is 18.2 Å². The molecule has 6 nitrogen and oxygen atoms in total. The van der Waals surface area contributed by atoms with E-state index in [4.69, 9.17) is 10.8 Å². The van der Waals surface area contributed by atoms with Crippen LogP contribution in [0.3, 0.4) is 0 Å². The molecule has 0 radical (unpaired) electrons. The Balaban J connectivity index is 2.32. The Labute approximate surface area is 85.3 Å². The number of hydrogen-bond acceptors (Lipinski definition) is 4. The van der Waals surface area contributed by atoms with E-state index in [-0.39, 0.29) is 6.42 Å². The summed E-state index contributed by atoms with van der Waals surface area (Å²) in [6.45, 7) is 0. The highest BCUT2D eigenvalue weighted by Gasteiger charge is 2.14. The molecule has 1 unspecified atom stereocenters. The minimum atomic E-state index is -0.937. The Bertz CT molecular complexity index is 461. The van der Waals surface area contributed by atoms with Crippen LogP contribution < -0.4 is 5.73 Å². The minimum Gasteiger partial charge on any atom is -0.481 e. The summed E-state index contributed by atoms with van der Waals surface area (Å²) in [5.74, 6) is -0.937. The first-order valence-corrected chi connectivity index (χ1v) is 4.44. The zero-order chi connectivity index (χ0) is 10.8. The van der Waals surface area contributed by atoms with E-state index in [1.54, 1.807) is 29.0 Å². The molecule has 0 amide bonds. The molecule has 1 atom stereocenters. The Hall–Kier alpha value is -1.95. The largest absolute Gasteiger partial charge is 0.481 e. The quantitative estimate of drug-likeness (QED) is 0.748. The average Bonchev–Trinajstić information content (AvgIpc) is 2.59. The number of fused-ring (bicyclic) bond motifs is 1. The topological polar surface area (TPSA) is 93.5 Å². The minimum absolute atomic E-state index is 0.135. The molecule has 78 valence electrons. The predicted octanol–water partition coefficient (Wildman–Crippen LogP) is 0.204. The third-order valence-electron chi connectivity index (χ3n) is 2.03. The zero-order valence-electron chi connectivity index (χ0n) is 7.87. The number of aromatic nitrogens is 3. The molecule has 3 N–H and O–H groups in total. The molecule has 2 rings (SSSR count). The van der Waals surface area contributed by atoms with Crippen LogP contribution in [0.5, 0.6) is 0 Å². The van der Waals surface area contributed by atoms with Crippen molar-refractivity contribution in [3.05, 3.63) is 30.2 Å². The molecule has 15 heavy (non-hydrogen) atoms. The fraction of sp³-hybridized carbons (Fsp3) is 0.222. The lowest BCUT2D eigenvalue weighted by Crippen LogP contribution is -2.15. The number of nitrogens with zero attached hydrogens (tertiary/aromatic N) is 3. The van der Waals surface area contributed by atoms with Crippen LogP contribution in [0.2, 0.25) is 0 Å². The molecule has 2 heterocycles. The van der Waals surface area contributed by atoms with Crippen LogP contribution in [0.1, 0.15) is 18.2 Å². The van der Waals surface area contributed by atoms with Gasteiger partial charge in [0.2, 0.25) is 0 Å². The Morgan fingerprint density at radius 2 is 2.47 bits per heavy atom. The van der Waals surface area contributed by atoms with Gasteiger partial charge in [-0.1, -0.05) is 0 Å². The molecule has 2 aromatic rings. The lowest BCUT2D eigenvalue weighted by atomic mass is 10.1. The first-order chi connectivity index (χ1) is 7.16. The molecule has 0 saturated heterocycles. The normalized spacial score (nSPS) is 12.9. The first kappa shape index (κ1) is 9.60. The molecule has 2 aromatic heterocycles. The lowest BCUT2D eigenvalue weighted by molar-refractivity contribution is -0.137. The molecule has 0 aliphatic heterocycles. The fourth-order valence-corrected chi connectivity index (χ4v) is 1.32. The van der Waals surface area contributed by atoms with Crippen molar-refractivity contribution < 1.29 is 9.90 Å². The summed E-state index contributed by atoms with van der Waals surface area (Å²) in [7, 11) is 0. The monoisotopic (exact) mass is 206 g/mol. The highest BCUT2D eigenvalue weighted by Crippen LogP contribution is 2.13. The number of carboxylic acids is 1. The third kappa shape index (κ3) is 1.94. The fourth-order valence-electron chi connectivity index (χ4n) is 1.32. The maximum atomic E-state index is 10.5. The summed E-state index contributed by atoms with van der Waals surface area (Å²) in [5, 5.41) is 12.7. The standard InChI is InChI=1S/C9H10N4O2/c10-6(4-9(14)15)7-5-8-11-2-1-3-13(8)12-7/h1-3,5-6H,4,10H2,(H,14,15). The van der Waals surface area contributed by atoms with Crippen molar-refractivity contribution >= 4 is 11.6 Å². The molecule has 0 fully saturated rings. The van der Waals surface area contributed by atoms with Gasteiger partial charge in [-0.05, 0) is 6.07 Å². The SMILES string of the molecule is NC(CC(=O)O)c1cc2ncccn2n1. The van der Waals surface area contributed by atoms with Crippen molar-refractivity contribution in [1.82, 2.24) is 14.6 Å². The molecule has 0 saturated carbocycles. The number of carboxylic acid groups (broad SMARTS) is 1. The van der Waals surface area contributed by atoms with Crippen molar-refractivity contribution in [2.24, 2.45) is 5.73 Å². The van der Waals surface area contributed by atoms with Gasteiger partial charge < -0.3 is 10.8 Å². The van der Waals surface area contributed by atoms with Gasteiger partial charge in [0, 0.05) is 18.5 Å². The Kier molecular flexibility index (Phi) is 2.34. The van der Waals surface area contributed by atoms with Crippen molar-refractivity contribution in [1.29, 1.82) is 0 Å². The summed E-state index contributed by atoms with van der Waals surface area (Å²) < 4.78 is 1.57. The molecule has 6 heteroatoms. The maximum Gasteiger partial charge on any atom is 0.305 e. The smallest absolute Gasteiger partial charge is 0.305 e. The van der Waals surface area contributed by atoms with Gasteiger partial charge >= 0.3 is 5.97 Å². The molecular weight excluding hydrogens is 196 g/mol. The summed E-state index contributed by atoms with van der Waals surface area (Å²) >= 11 is 0. The summed E-state index contributed by atoms with van der Waals surface area (Å²) in [6.07, 6.45) is 3.24. The van der Waals surface area contributed by atoms with Gasteiger partial charge in [-0.3, -0.25) is 4.79 Å². The second-order valence-electron chi connectivity index (χ2n) is 3.20. The van der Waals surface area contributed by atoms with Gasteiger partial charge in [-0.25, -0.2) is 9.50 Å². The van der Waals surface area contributed by atoms with Crippen LogP contribution in [-0.2, 0) is 4.79 Å². The van der Waals surface area contributed by atoms with Crippen molar-refractivity contribution in [2.45, 2.75) is 12.5 Å². The number of rotatable bonds is 3. The van der Waals surface area contributed by atoms with Crippen LogP contribution in [0.15, 0.2) is 24.5 Å². The van der Waals surface area contributed by atoms with Crippen molar-refractivity contribution in [3.8, 4) is 0 Å². The molecule has 0 spiro atoms. The highest BCUT2D eigenvalue weighted by atomic mass is 16.4. The predicted molar refractivity (Wildman–Crippen MR) is 52.2 cm³/mol. The second kappa shape index (κ2) is 3.66. The number of aliphatic carboxylic acids is 1. The van der Waals surface area contributed by atoms with E-state index in [1.807, 2.05) is 0 Å². The molecule has 0 bridgehead atoms. The van der Waals surface area contributed by atoms with Crippen LogP contribution in [0.25, 0.3) is 5.65 Å². The van der Waals surface area contributed by atoms with E-state index in [0.717, 1.165) is 0 Å². The van der Waals surface area contributed by atoms with Gasteiger partial charge in [0.15, 0.2) is 5.65 Å². The average molecular weight is 206 g/mol. The van der Waals surface area contributed by atoms with Crippen LogP contribution in [-0.4, -0.2) is 25.7 Å². The number of hydrogen-bond donors (Lipinski definition) is 2. The van der Waals surface area contributed by atoms with E-state index in [0.29, 0.717) is 11.3 Å². The molecular formula is C9H10N4O2. The van der Waals surface area contributed by atoms with Crippen LogP contribution in [0, 0.1) is 0 Å². The van der Waals surface area contributed by atoms with Crippen LogP contribution >= 0.6 is 0 Å². The van der Waals surface area contributed by atoms with Gasteiger partial charge in [-0.2, -0.15) is 5.10 Å². The van der Waals surface area contributed by atoms with Gasteiger partial charge in [-0.15, -0.1) is 0 Å². The highest BCUT2D eigenvalue weighted by molar-refractivity contribution is 5.67. The maximum absolute atomic E-state index is 10.5. The summed E-state index contributed by atoms with van der Waals surface area (Å²) in [6, 6.07) is 2.84. The molecule has 0 aliphatic rings. The van der Waals surface area contributed by atoms with Gasteiger partial charge in [0.25, 0.3) is 0 Å². The van der Waals surface area contributed by atoms with E-state index >= 15 is 0 Å². The third-order valence-corrected chi connectivity index (χ3v) is 2.03. The van der Waals surface area contributed by atoms with Gasteiger partial charge in [0.1, 0.15) is 0 Å². The molecule has 0 aromatic carbocycles. The van der Waals surface area contributed by atoms with Crippen LogP contribution in [0.4, 0.5) is 0 Å². The Morgan fingerprint density at radius 3 is 3.13 bits per heavy atom. The Morgan fingerprint density at radius 1 is 1.67 bits per heavy atom. The van der Waals surface area contributed by atoms with E-state index in [9.17, 15) is 4.79 Å². The van der Waals surface area contributed by atoms with Crippen molar-refractivity contribution in [3.63, 3.8) is 0 Å². The first-order valence-electron chi connectivity index (χ1n) is 4.44. The number of nitrogens with two attached hydrogens (primary N) is 1.